The number of carbonyl (C=O) groups excluding carboxylic acids is 1. The van der Waals surface area contributed by atoms with Gasteiger partial charge < -0.3 is 4.42 Å². The lowest BCUT2D eigenvalue weighted by molar-refractivity contribution is -0.121. The van der Waals surface area contributed by atoms with Crippen LogP contribution in [0.1, 0.15) is 24.5 Å². The molecule has 1 unspecified atom stereocenters. The molecule has 0 fully saturated rings. The number of amides is 1. The predicted molar refractivity (Wildman–Crippen MR) is 92.6 cm³/mol. The molecule has 0 spiro atoms. The van der Waals surface area contributed by atoms with Gasteiger partial charge in [0.25, 0.3) is 0 Å². The van der Waals surface area contributed by atoms with Crippen LogP contribution in [0.5, 0.6) is 0 Å². The first-order valence-corrected chi connectivity index (χ1v) is 7.92. The zero-order valence-corrected chi connectivity index (χ0v) is 13.5. The highest BCUT2D eigenvalue weighted by Gasteiger charge is 2.22. The lowest BCUT2D eigenvalue weighted by Gasteiger charge is -2.18. The molecule has 1 aromatic heterocycles. The second-order valence-electron chi connectivity index (χ2n) is 6.03. The molecule has 2 aromatic carbocycles. The van der Waals surface area contributed by atoms with Crippen molar-refractivity contribution in [2.45, 2.75) is 13.3 Å². The molecule has 6 heteroatoms. The van der Waals surface area contributed by atoms with Gasteiger partial charge in [-0.15, -0.1) is 0 Å². The summed E-state index contributed by atoms with van der Waals surface area (Å²) in [4.78, 5) is 15.9. The third-order valence-electron chi connectivity index (χ3n) is 4.18. The van der Waals surface area contributed by atoms with E-state index >= 15 is 0 Å². The highest BCUT2D eigenvalue weighted by molar-refractivity contribution is 6.07. The average Bonchev–Trinajstić information content (AvgIpc) is 3.05. The number of aromatic nitrogens is 1. The van der Waals surface area contributed by atoms with E-state index in [1.54, 1.807) is 18.2 Å². The van der Waals surface area contributed by atoms with Crippen LogP contribution in [0.25, 0.3) is 22.6 Å². The highest BCUT2D eigenvalue weighted by atomic mass is 16.3. The largest absolute Gasteiger partial charge is 0.436 e. The van der Waals surface area contributed by atoms with Crippen LogP contribution in [0.15, 0.2) is 52.0 Å². The van der Waals surface area contributed by atoms with Crippen molar-refractivity contribution in [1.82, 2.24) is 10.4 Å². The summed E-state index contributed by atoms with van der Waals surface area (Å²) >= 11 is 0. The number of nitrogens with zero attached hydrogens (tertiary/aromatic N) is 3. The molecule has 2 heterocycles. The molecule has 1 aliphatic rings. The van der Waals surface area contributed by atoms with Gasteiger partial charge in [0, 0.05) is 23.5 Å². The first-order valence-electron chi connectivity index (χ1n) is 7.92. The molecule has 0 saturated heterocycles. The molecule has 0 aliphatic carbocycles. The second-order valence-corrected chi connectivity index (χ2v) is 6.03. The van der Waals surface area contributed by atoms with Crippen molar-refractivity contribution in [2.24, 2.45) is 11.0 Å². The Kier molecular flexibility index (Phi) is 3.55. The van der Waals surface area contributed by atoms with E-state index in [9.17, 15) is 4.79 Å². The number of benzene rings is 2. The van der Waals surface area contributed by atoms with Gasteiger partial charge in [0.05, 0.1) is 17.3 Å². The topological polar surface area (TPSA) is 91.3 Å². The molecule has 0 saturated carbocycles. The van der Waals surface area contributed by atoms with Gasteiger partial charge in [-0.2, -0.15) is 10.4 Å². The Morgan fingerprint density at radius 1 is 1.24 bits per heavy atom. The summed E-state index contributed by atoms with van der Waals surface area (Å²) in [5.41, 5.74) is 6.93. The number of hydrogen-bond donors (Lipinski definition) is 1. The minimum atomic E-state index is -0.0725. The minimum absolute atomic E-state index is 0.0425. The normalized spacial score (nSPS) is 17.0. The Morgan fingerprint density at radius 2 is 2.12 bits per heavy atom. The van der Waals surface area contributed by atoms with E-state index in [0.29, 0.717) is 23.5 Å². The molecule has 122 valence electrons. The lowest BCUT2D eigenvalue weighted by atomic mass is 9.94. The van der Waals surface area contributed by atoms with E-state index in [1.807, 2.05) is 31.2 Å². The second kappa shape index (κ2) is 5.87. The fourth-order valence-electron chi connectivity index (χ4n) is 2.93. The van der Waals surface area contributed by atoms with Gasteiger partial charge in [0.15, 0.2) is 5.58 Å². The molecule has 3 aromatic rings. The Morgan fingerprint density at radius 3 is 2.92 bits per heavy atom. The molecular formula is C19H14N4O2. The van der Waals surface area contributed by atoms with Crippen molar-refractivity contribution in [3.8, 4) is 17.5 Å². The summed E-state index contributed by atoms with van der Waals surface area (Å²) in [7, 11) is 0. The zero-order valence-electron chi connectivity index (χ0n) is 13.5. The number of fused-ring (bicyclic) bond motifs is 1. The number of rotatable bonds is 2. The lowest BCUT2D eigenvalue weighted by Crippen LogP contribution is -2.31. The summed E-state index contributed by atoms with van der Waals surface area (Å²) in [6.07, 6.45) is 0.416. The highest BCUT2D eigenvalue weighted by Crippen LogP contribution is 2.27. The molecule has 1 amide bonds. The van der Waals surface area contributed by atoms with Crippen LogP contribution >= 0.6 is 0 Å². The van der Waals surface area contributed by atoms with Gasteiger partial charge >= 0.3 is 0 Å². The van der Waals surface area contributed by atoms with Gasteiger partial charge in [-0.05, 0) is 30.3 Å². The standard InChI is InChI=1S/C19H14N4O2/c1-11-7-17(24)22-23-18(11)13-5-6-15-16(9-13)25-19(21-15)14-4-2-3-12(8-14)10-20/h2-6,8-9,11H,7H2,1H3,(H,22,24). The maximum absolute atomic E-state index is 11.4. The number of hydrazone groups is 1. The SMILES string of the molecule is CC1CC(=O)NN=C1c1ccc2nc(-c3cccc(C#N)c3)oc2c1. The molecule has 1 aliphatic heterocycles. The Balaban J connectivity index is 1.75. The van der Waals surface area contributed by atoms with E-state index < -0.39 is 0 Å². The Labute approximate surface area is 143 Å². The summed E-state index contributed by atoms with van der Waals surface area (Å²) < 4.78 is 5.88. The predicted octanol–water partition coefficient (Wildman–Crippen LogP) is 3.23. The summed E-state index contributed by atoms with van der Waals surface area (Å²) in [6.45, 7) is 1.97. The van der Waals surface area contributed by atoms with Crippen LogP contribution in [0.4, 0.5) is 0 Å². The van der Waals surface area contributed by atoms with Crippen molar-refractivity contribution < 1.29 is 9.21 Å². The molecule has 1 N–H and O–H groups in total. The van der Waals surface area contributed by atoms with Gasteiger partial charge in [-0.3, -0.25) is 4.79 Å². The molecule has 0 radical (unpaired) electrons. The van der Waals surface area contributed by atoms with Crippen molar-refractivity contribution in [3.05, 3.63) is 53.6 Å². The molecule has 4 rings (SSSR count). The van der Waals surface area contributed by atoms with Gasteiger partial charge in [-0.1, -0.05) is 19.1 Å². The number of nitrogens with one attached hydrogen (secondary N) is 1. The van der Waals surface area contributed by atoms with Crippen molar-refractivity contribution in [2.75, 3.05) is 0 Å². The van der Waals surface area contributed by atoms with Gasteiger partial charge in [-0.25, -0.2) is 10.4 Å². The first-order chi connectivity index (χ1) is 12.1. The van der Waals surface area contributed by atoms with Gasteiger partial charge in [0.1, 0.15) is 5.52 Å². The monoisotopic (exact) mass is 330 g/mol. The van der Waals surface area contributed by atoms with Crippen molar-refractivity contribution in [3.63, 3.8) is 0 Å². The molecule has 0 bridgehead atoms. The molecule has 25 heavy (non-hydrogen) atoms. The molecular weight excluding hydrogens is 316 g/mol. The summed E-state index contributed by atoms with van der Waals surface area (Å²) in [5.74, 6) is 0.439. The van der Waals surface area contributed by atoms with E-state index in [4.69, 9.17) is 9.68 Å². The van der Waals surface area contributed by atoms with Crippen LogP contribution in [-0.2, 0) is 4.79 Å². The first kappa shape index (κ1) is 15.1. The van der Waals surface area contributed by atoms with Crippen LogP contribution < -0.4 is 5.43 Å². The maximum Gasteiger partial charge on any atom is 0.240 e. The quantitative estimate of drug-likeness (QED) is 0.781. The summed E-state index contributed by atoms with van der Waals surface area (Å²) in [5, 5.41) is 13.2. The number of carbonyl (C=O) groups is 1. The van der Waals surface area contributed by atoms with Crippen LogP contribution in [0.3, 0.4) is 0 Å². The van der Waals surface area contributed by atoms with Gasteiger partial charge in [0.2, 0.25) is 11.8 Å². The van der Waals surface area contributed by atoms with Crippen LogP contribution in [-0.4, -0.2) is 16.6 Å². The third-order valence-corrected chi connectivity index (χ3v) is 4.18. The number of oxazole rings is 1. The molecule has 6 nitrogen and oxygen atoms in total. The van der Waals surface area contributed by atoms with Crippen LogP contribution in [0, 0.1) is 17.2 Å². The van der Waals surface area contributed by atoms with E-state index in [2.05, 4.69) is 21.6 Å². The molecule has 1 atom stereocenters. The number of hydrogen-bond acceptors (Lipinski definition) is 5. The fourth-order valence-corrected chi connectivity index (χ4v) is 2.93. The van der Waals surface area contributed by atoms with Crippen molar-refractivity contribution in [1.29, 1.82) is 5.26 Å². The average molecular weight is 330 g/mol. The van der Waals surface area contributed by atoms with E-state index in [1.165, 1.54) is 0 Å². The van der Waals surface area contributed by atoms with E-state index in [0.717, 1.165) is 22.4 Å². The Bertz CT molecular complexity index is 1060. The third kappa shape index (κ3) is 2.76. The van der Waals surface area contributed by atoms with Crippen LogP contribution in [0.2, 0.25) is 0 Å². The Hall–Kier alpha value is -3.46. The smallest absolute Gasteiger partial charge is 0.240 e. The van der Waals surface area contributed by atoms with E-state index in [-0.39, 0.29) is 11.8 Å². The summed E-state index contributed by atoms with van der Waals surface area (Å²) in [6, 6.07) is 14.9. The van der Waals surface area contributed by atoms with Crippen molar-refractivity contribution >= 4 is 22.7 Å². The maximum atomic E-state index is 11.4. The fraction of sp³-hybridized carbons (Fsp3) is 0.158. The number of nitriles is 1. The minimum Gasteiger partial charge on any atom is -0.436 e. The zero-order chi connectivity index (χ0) is 17.4.